The van der Waals surface area contributed by atoms with Gasteiger partial charge in [-0.2, -0.15) is 4.98 Å². The third kappa shape index (κ3) is 3.80. The summed E-state index contributed by atoms with van der Waals surface area (Å²) in [6.07, 6.45) is 6.74. The predicted molar refractivity (Wildman–Crippen MR) is 66.8 cm³/mol. The Morgan fingerprint density at radius 3 is 2.82 bits per heavy atom. The van der Waals surface area contributed by atoms with Crippen molar-refractivity contribution in [3.63, 3.8) is 0 Å². The minimum atomic E-state index is 0.532. The van der Waals surface area contributed by atoms with Crippen molar-refractivity contribution >= 4 is 0 Å². The van der Waals surface area contributed by atoms with Crippen LogP contribution >= 0.6 is 0 Å². The summed E-state index contributed by atoms with van der Waals surface area (Å²) in [6, 6.07) is 0.532. The molecule has 1 aliphatic carbocycles. The van der Waals surface area contributed by atoms with E-state index < -0.39 is 0 Å². The number of aryl methyl sites for hydroxylation is 1. The van der Waals surface area contributed by atoms with Gasteiger partial charge in [-0.05, 0) is 38.1 Å². The van der Waals surface area contributed by atoms with Crippen molar-refractivity contribution in [2.45, 2.75) is 58.4 Å². The van der Waals surface area contributed by atoms with Crippen molar-refractivity contribution in [2.75, 3.05) is 6.54 Å². The molecule has 0 radical (unpaired) electrons. The van der Waals surface area contributed by atoms with Crippen LogP contribution in [0.2, 0.25) is 0 Å². The van der Waals surface area contributed by atoms with Crippen LogP contribution in [0.4, 0.5) is 0 Å². The Balaban J connectivity index is 1.87. The number of rotatable bonds is 8. The van der Waals surface area contributed by atoms with Crippen molar-refractivity contribution in [3.8, 4) is 0 Å². The highest BCUT2D eigenvalue weighted by Gasteiger charge is 2.31. The van der Waals surface area contributed by atoms with Crippen LogP contribution in [0.5, 0.6) is 0 Å². The first-order chi connectivity index (χ1) is 8.33. The zero-order valence-corrected chi connectivity index (χ0v) is 10.9. The van der Waals surface area contributed by atoms with E-state index in [2.05, 4.69) is 29.3 Å². The number of nitrogens with zero attached hydrogens (tertiary/aromatic N) is 2. The van der Waals surface area contributed by atoms with Crippen LogP contribution in [-0.2, 0) is 12.8 Å². The van der Waals surface area contributed by atoms with Gasteiger partial charge in [0.1, 0.15) is 0 Å². The van der Waals surface area contributed by atoms with Gasteiger partial charge in [-0.25, -0.2) is 0 Å². The molecule has 0 saturated heterocycles. The zero-order chi connectivity index (χ0) is 12.1. The fourth-order valence-corrected chi connectivity index (χ4v) is 2.12. The fraction of sp³-hybridized carbons (Fsp3) is 0.846. The van der Waals surface area contributed by atoms with Crippen LogP contribution in [0.3, 0.4) is 0 Å². The summed E-state index contributed by atoms with van der Waals surface area (Å²) >= 11 is 0. The number of aromatic nitrogens is 2. The van der Waals surface area contributed by atoms with Gasteiger partial charge in [-0.3, -0.25) is 0 Å². The SMILES string of the molecule is CCCNC(Cc1nc(CCC)no1)C1CC1. The maximum Gasteiger partial charge on any atom is 0.228 e. The second-order valence-electron chi connectivity index (χ2n) is 4.96. The second kappa shape index (κ2) is 6.15. The molecule has 1 aromatic rings. The summed E-state index contributed by atoms with van der Waals surface area (Å²) in [7, 11) is 0. The predicted octanol–water partition coefficient (Wildman–Crippen LogP) is 2.34. The monoisotopic (exact) mass is 237 g/mol. The number of nitrogens with one attached hydrogen (secondary N) is 1. The smallest absolute Gasteiger partial charge is 0.228 e. The van der Waals surface area contributed by atoms with Gasteiger partial charge in [0, 0.05) is 18.9 Å². The van der Waals surface area contributed by atoms with E-state index in [4.69, 9.17) is 4.52 Å². The van der Waals surface area contributed by atoms with Crippen LogP contribution in [0.1, 0.15) is 51.2 Å². The van der Waals surface area contributed by atoms with Crippen LogP contribution in [-0.4, -0.2) is 22.7 Å². The molecule has 2 rings (SSSR count). The second-order valence-corrected chi connectivity index (χ2v) is 4.96. The van der Waals surface area contributed by atoms with Crippen molar-refractivity contribution in [1.82, 2.24) is 15.5 Å². The molecule has 1 N–H and O–H groups in total. The summed E-state index contributed by atoms with van der Waals surface area (Å²) in [4.78, 5) is 4.44. The largest absolute Gasteiger partial charge is 0.339 e. The van der Waals surface area contributed by atoms with Crippen molar-refractivity contribution in [1.29, 1.82) is 0 Å². The molecular weight excluding hydrogens is 214 g/mol. The van der Waals surface area contributed by atoms with Gasteiger partial charge < -0.3 is 9.84 Å². The fourth-order valence-electron chi connectivity index (χ4n) is 2.12. The molecule has 17 heavy (non-hydrogen) atoms. The Labute approximate surface area is 103 Å². The van der Waals surface area contributed by atoms with E-state index in [9.17, 15) is 0 Å². The topological polar surface area (TPSA) is 51.0 Å². The third-order valence-electron chi connectivity index (χ3n) is 3.23. The summed E-state index contributed by atoms with van der Waals surface area (Å²) in [5, 5.41) is 7.60. The summed E-state index contributed by atoms with van der Waals surface area (Å²) < 4.78 is 5.30. The van der Waals surface area contributed by atoms with Gasteiger partial charge in [-0.1, -0.05) is 19.0 Å². The molecule has 1 unspecified atom stereocenters. The number of hydrogen-bond donors (Lipinski definition) is 1. The lowest BCUT2D eigenvalue weighted by Crippen LogP contribution is -2.33. The Kier molecular flexibility index (Phi) is 4.54. The summed E-state index contributed by atoms with van der Waals surface area (Å²) in [5.74, 6) is 2.48. The van der Waals surface area contributed by atoms with Gasteiger partial charge in [0.25, 0.3) is 0 Å². The van der Waals surface area contributed by atoms with Gasteiger partial charge in [0.05, 0.1) is 0 Å². The maximum atomic E-state index is 5.30. The lowest BCUT2D eigenvalue weighted by atomic mass is 10.1. The summed E-state index contributed by atoms with van der Waals surface area (Å²) in [6.45, 7) is 5.41. The molecule has 1 fully saturated rings. The third-order valence-corrected chi connectivity index (χ3v) is 3.23. The minimum Gasteiger partial charge on any atom is -0.339 e. The molecule has 0 bridgehead atoms. The Bertz CT molecular complexity index is 333. The molecular formula is C13H23N3O. The minimum absolute atomic E-state index is 0.532. The van der Waals surface area contributed by atoms with Crippen molar-refractivity contribution in [2.24, 2.45) is 5.92 Å². The highest BCUT2D eigenvalue weighted by atomic mass is 16.5. The molecule has 1 aliphatic rings. The molecule has 1 aromatic heterocycles. The van der Waals surface area contributed by atoms with E-state index in [1.54, 1.807) is 0 Å². The molecule has 96 valence electrons. The van der Waals surface area contributed by atoms with Crippen LogP contribution in [0, 0.1) is 5.92 Å². The van der Waals surface area contributed by atoms with Crippen molar-refractivity contribution < 1.29 is 4.52 Å². The molecule has 4 heteroatoms. The lowest BCUT2D eigenvalue weighted by Gasteiger charge is -2.15. The molecule has 0 aliphatic heterocycles. The average molecular weight is 237 g/mol. The molecule has 1 heterocycles. The van der Waals surface area contributed by atoms with Gasteiger partial charge in [0.15, 0.2) is 5.82 Å². The van der Waals surface area contributed by atoms with E-state index >= 15 is 0 Å². The molecule has 0 spiro atoms. The number of hydrogen-bond acceptors (Lipinski definition) is 4. The standard InChI is InChI=1S/C13H23N3O/c1-3-5-12-15-13(17-16-12)9-11(10-6-7-10)14-8-4-2/h10-11,14H,3-9H2,1-2H3. The molecule has 1 saturated carbocycles. The van der Waals surface area contributed by atoms with Gasteiger partial charge in [0.2, 0.25) is 5.89 Å². The van der Waals surface area contributed by atoms with Crippen molar-refractivity contribution in [3.05, 3.63) is 11.7 Å². The van der Waals surface area contributed by atoms with E-state index in [0.717, 1.165) is 43.4 Å². The average Bonchev–Trinajstić information content (AvgIpc) is 3.08. The van der Waals surface area contributed by atoms with Gasteiger partial charge >= 0.3 is 0 Å². The Hall–Kier alpha value is -0.900. The highest BCUT2D eigenvalue weighted by molar-refractivity contribution is 4.95. The Morgan fingerprint density at radius 2 is 2.18 bits per heavy atom. The van der Waals surface area contributed by atoms with Gasteiger partial charge in [-0.15, -0.1) is 0 Å². The molecule has 0 amide bonds. The van der Waals surface area contributed by atoms with Crippen LogP contribution in [0.15, 0.2) is 4.52 Å². The lowest BCUT2D eigenvalue weighted by molar-refractivity contribution is 0.342. The van der Waals surface area contributed by atoms with E-state index in [1.807, 2.05) is 0 Å². The first kappa shape index (κ1) is 12.6. The molecule has 4 nitrogen and oxygen atoms in total. The normalized spacial score (nSPS) is 17.3. The highest BCUT2D eigenvalue weighted by Crippen LogP contribution is 2.33. The molecule has 1 atom stereocenters. The van der Waals surface area contributed by atoms with E-state index in [-0.39, 0.29) is 0 Å². The quantitative estimate of drug-likeness (QED) is 0.754. The maximum absolute atomic E-state index is 5.30. The Morgan fingerprint density at radius 1 is 1.35 bits per heavy atom. The first-order valence-electron chi connectivity index (χ1n) is 6.88. The van der Waals surface area contributed by atoms with E-state index in [1.165, 1.54) is 19.3 Å². The first-order valence-corrected chi connectivity index (χ1v) is 6.88. The summed E-state index contributed by atoms with van der Waals surface area (Å²) in [5.41, 5.74) is 0. The van der Waals surface area contributed by atoms with Crippen LogP contribution in [0.25, 0.3) is 0 Å². The zero-order valence-electron chi connectivity index (χ0n) is 10.9. The van der Waals surface area contributed by atoms with E-state index in [0.29, 0.717) is 6.04 Å². The molecule has 0 aromatic carbocycles. The van der Waals surface area contributed by atoms with Crippen LogP contribution < -0.4 is 5.32 Å².